The van der Waals surface area contributed by atoms with E-state index in [1.807, 2.05) is 23.4 Å². The van der Waals surface area contributed by atoms with E-state index in [1.165, 1.54) is 0 Å². The zero-order valence-electron chi connectivity index (χ0n) is 10.2. The van der Waals surface area contributed by atoms with Gasteiger partial charge in [-0.15, -0.1) is 0 Å². The molecular weight excluding hydrogens is 214 g/mol. The average Bonchev–Trinajstić information content (AvgIpc) is 2.94. The molecule has 2 aromatic heterocycles. The molecule has 2 N–H and O–H groups in total. The van der Waals surface area contributed by atoms with Crippen LogP contribution < -0.4 is 5.73 Å². The van der Waals surface area contributed by atoms with Crippen LogP contribution in [0, 0.1) is 0 Å². The Balaban J connectivity index is 2.17. The van der Waals surface area contributed by atoms with Gasteiger partial charge in [0.05, 0.1) is 24.4 Å². The molecule has 2 aromatic rings. The van der Waals surface area contributed by atoms with E-state index in [2.05, 4.69) is 27.8 Å². The van der Waals surface area contributed by atoms with E-state index in [-0.39, 0.29) is 0 Å². The molecular formula is C12H19N5. The van der Waals surface area contributed by atoms with Crippen LogP contribution in [-0.2, 0) is 13.1 Å². The highest BCUT2D eigenvalue weighted by Gasteiger charge is 2.07. The summed E-state index contributed by atoms with van der Waals surface area (Å²) in [6.45, 7) is 4.71. The van der Waals surface area contributed by atoms with Crippen molar-refractivity contribution in [1.82, 2.24) is 19.3 Å². The number of aryl methyl sites for hydroxylation is 2. The molecule has 0 spiro atoms. The molecule has 17 heavy (non-hydrogen) atoms. The summed E-state index contributed by atoms with van der Waals surface area (Å²) >= 11 is 0. The Hall–Kier alpha value is -1.62. The maximum Gasteiger partial charge on any atom is 0.0950 e. The van der Waals surface area contributed by atoms with Gasteiger partial charge < -0.3 is 10.3 Å². The monoisotopic (exact) mass is 233 g/mol. The molecule has 0 aliphatic rings. The van der Waals surface area contributed by atoms with Crippen LogP contribution >= 0.6 is 0 Å². The molecule has 0 atom stereocenters. The molecule has 2 rings (SSSR count). The second kappa shape index (κ2) is 5.63. The fourth-order valence-electron chi connectivity index (χ4n) is 1.85. The third-order valence-corrected chi connectivity index (χ3v) is 2.70. The fourth-order valence-corrected chi connectivity index (χ4v) is 1.85. The summed E-state index contributed by atoms with van der Waals surface area (Å²) in [4.78, 5) is 4.19. The first-order valence-electron chi connectivity index (χ1n) is 6.08. The molecule has 0 aliphatic carbocycles. The van der Waals surface area contributed by atoms with E-state index in [0.717, 1.165) is 37.2 Å². The minimum Gasteiger partial charge on any atom is -0.330 e. The lowest BCUT2D eigenvalue weighted by molar-refractivity contribution is 0.603. The lowest BCUT2D eigenvalue weighted by atomic mass is 10.2. The molecule has 5 nitrogen and oxygen atoms in total. The molecule has 0 saturated carbocycles. The molecule has 0 amide bonds. The first-order valence-corrected chi connectivity index (χ1v) is 6.08. The van der Waals surface area contributed by atoms with E-state index >= 15 is 0 Å². The van der Waals surface area contributed by atoms with Crippen molar-refractivity contribution in [3.8, 4) is 11.3 Å². The zero-order valence-corrected chi connectivity index (χ0v) is 10.2. The van der Waals surface area contributed by atoms with Gasteiger partial charge in [-0.05, 0) is 19.4 Å². The van der Waals surface area contributed by atoms with Crippen molar-refractivity contribution in [2.45, 2.75) is 32.9 Å². The van der Waals surface area contributed by atoms with Gasteiger partial charge in [-0.2, -0.15) is 5.10 Å². The summed E-state index contributed by atoms with van der Waals surface area (Å²) in [5.41, 5.74) is 7.76. The maximum atomic E-state index is 5.53. The summed E-state index contributed by atoms with van der Waals surface area (Å²) in [5, 5.41) is 4.33. The highest BCUT2D eigenvalue weighted by Crippen LogP contribution is 2.18. The van der Waals surface area contributed by atoms with Gasteiger partial charge in [-0.25, -0.2) is 4.98 Å². The molecule has 92 valence electrons. The van der Waals surface area contributed by atoms with Gasteiger partial charge in [-0.1, -0.05) is 6.92 Å². The van der Waals surface area contributed by atoms with Crippen LogP contribution in [0.5, 0.6) is 0 Å². The van der Waals surface area contributed by atoms with E-state index < -0.39 is 0 Å². The van der Waals surface area contributed by atoms with Crippen LogP contribution in [0.4, 0.5) is 0 Å². The summed E-state index contributed by atoms with van der Waals surface area (Å²) in [5.74, 6) is 0. The van der Waals surface area contributed by atoms with Gasteiger partial charge >= 0.3 is 0 Å². The Bertz CT molecular complexity index is 457. The third kappa shape index (κ3) is 2.74. The van der Waals surface area contributed by atoms with Gasteiger partial charge in [0.1, 0.15) is 0 Å². The van der Waals surface area contributed by atoms with Gasteiger partial charge in [0.25, 0.3) is 0 Å². The Morgan fingerprint density at radius 1 is 1.29 bits per heavy atom. The van der Waals surface area contributed by atoms with Crippen LogP contribution in [-0.4, -0.2) is 25.9 Å². The third-order valence-electron chi connectivity index (χ3n) is 2.70. The number of nitrogens with zero attached hydrogens (tertiary/aromatic N) is 4. The summed E-state index contributed by atoms with van der Waals surface area (Å²) < 4.78 is 4.09. The number of rotatable bonds is 6. The Labute approximate surface area is 101 Å². The van der Waals surface area contributed by atoms with E-state index in [1.54, 1.807) is 0 Å². The Morgan fingerprint density at radius 2 is 2.18 bits per heavy atom. The van der Waals surface area contributed by atoms with Crippen LogP contribution in [0.15, 0.2) is 24.9 Å². The SMILES string of the molecule is CCCn1cc(-c2cncn2CCCN)cn1. The topological polar surface area (TPSA) is 61.7 Å². The number of aromatic nitrogens is 4. The zero-order chi connectivity index (χ0) is 12.1. The predicted octanol–water partition coefficient (Wildman–Crippen LogP) is 1.51. The van der Waals surface area contributed by atoms with Crippen LogP contribution in [0.2, 0.25) is 0 Å². The van der Waals surface area contributed by atoms with Crippen molar-refractivity contribution in [2.75, 3.05) is 6.54 Å². The Kier molecular flexibility index (Phi) is 3.93. The van der Waals surface area contributed by atoms with Crippen molar-refractivity contribution in [2.24, 2.45) is 5.73 Å². The van der Waals surface area contributed by atoms with Crippen molar-refractivity contribution in [1.29, 1.82) is 0 Å². The first kappa shape index (κ1) is 11.9. The quantitative estimate of drug-likeness (QED) is 0.822. The van der Waals surface area contributed by atoms with Crippen molar-refractivity contribution >= 4 is 0 Å². The highest BCUT2D eigenvalue weighted by atomic mass is 15.3. The van der Waals surface area contributed by atoms with E-state index in [9.17, 15) is 0 Å². The lowest BCUT2D eigenvalue weighted by Crippen LogP contribution is -2.05. The maximum absolute atomic E-state index is 5.53. The second-order valence-corrected chi connectivity index (χ2v) is 4.11. The minimum absolute atomic E-state index is 0.701. The van der Waals surface area contributed by atoms with Gasteiger partial charge in [-0.3, -0.25) is 4.68 Å². The fraction of sp³-hybridized carbons (Fsp3) is 0.500. The van der Waals surface area contributed by atoms with Crippen LogP contribution in [0.25, 0.3) is 11.3 Å². The predicted molar refractivity (Wildman–Crippen MR) is 67.4 cm³/mol. The van der Waals surface area contributed by atoms with E-state index in [4.69, 9.17) is 5.73 Å². The largest absolute Gasteiger partial charge is 0.330 e. The molecule has 5 heteroatoms. The number of hydrogen-bond donors (Lipinski definition) is 1. The van der Waals surface area contributed by atoms with Crippen molar-refractivity contribution < 1.29 is 0 Å². The normalized spacial score (nSPS) is 10.9. The molecule has 0 unspecified atom stereocenters. The minimum atomic E-state index is 0.701. The molecule has 0 aliphatic heterocycles. The molecule has 2 heterocycles. The second-order valence-electron chi connectivity index (χ2n) is 4.11. The summed E-state index contributed by atoms with van der Waals surface area (Å²) in [6.07, 6.45) is 9.75. The van der Waals surface area contributed by atoms with E-state index in [0.29, 0.717) is 6.54 Å². The van der Waals surface area contributed by atoms with Crippen molar-refractivity contribution in [3.05, 3.63) is 24.9 Å². The van der Waals surface area contributed by atoms with Crippen LogP contribution in [0.1, 0.15) is 19.8 Å². The Morgan fingerprint density at radius 3 is 2.94 bits per heavy atom. The first-order chi connectivity index (χ1) is 8.35. The standard InChI is InChI=1S/C12H19N5/c1-2-5-17-9-11(7-15-17)12-8-14-10-16(12)6-3-4-13/h7-10H,2-6,13H2,1H3. The summed E-state index contributed by atoms with van der Waals surface area (Å²) in [6, 6.07) is 0. The molecule has 0 aromatic carbocycles. The average molecular weight is 233 g/mol. The smallest absolute Gasteiger partial charge is 0.0950 e. The molecule has 0 bridgehead atoms. The van der Waals surface area contributed by atoms with Gasteiger partial charge in [0, 0.05) is 24.8 Å². The van der Waals surface area contributed by atoms with Gasteiger partial charge in [0.15, 0.2) is 0 Å². The molecule has 0 fully saturated rings. The van der Waals surface area contributed by atoms with Gasteiger partial charge in [0.2, 0.25) is 0 Å². The highest BCUT2D eigenvalue weighted by molar-refractivity contribution is 5.56. The summed E-state index contributed by atoms with van der Waals surface area (Å²) in [7, 11) is 0. The molecule has 0 saturated heterocycles. The number of imidazole rings is 1. The molecule has 0 radical (unpaired) electrons. The number of hydrogen-bond acceptors (Lipinski definition) is 3. The van der Waals surface area contributed by atoms with Crippen LogP contribution in [0.3, 0.4) is 0 Å². The van der Waals surface area contributed by atoms with Crippen molar-refractivity contribution in [3.63, 3.8) is 0 Å². The number of nitrogens with two attached hydrogens (primary N) is 1. The lowest BCUT2D eigenvalue weighted by Gasteiger charge is -2.04.